The number of methoxy groups -OCH3 is 2. The Morgan fingerprint density at radius 1 is 1.31 bits per heavy atom. The molecule has 0 saturated carbocycles. The van der Waals surface area contributed by atoms with Crippen molar-refractivity contribution in [3.05, 3.63) is 42.0 Å². The molecule has 0 radical (unpaired) electrons. The van der Waals surface area contributed by atoms with E-state index >= 15 is 0 Å². The van der Waals surface area contributed by atoms with Crippen LogP contribution in [0.15, 0.2) is 30.6 Å². The SMILES string of the molecule is CCC(Cc1ccc(OC)c(OC)c1)N[C@H]1CCO[C@@H]1c1nccn1C. The number of nitrogens with zero attached hydrogens (tertiary/aromatic N) is 2. The first kappa shape index (κ1) is 18.7. The fourth-order valence-electron chi connectivity index (χ4n) is 3.58. The quantitative estimate of drug-likeness (QED) is 0.785. The molecule has 26 heavy (non-hydrogen) atoms. The van der Waals surface area contributed by atoms with Gasteiger partial charge in [-0.3, -0.25) is 0 Å². The van der Waals surface area contributed by atoms with Crippen molar-refractivity contribution < 1.29 is 14.2 Å². The highest BCUT2D eigenvalue weighted by Gasteiger charge is 2.33. The van der Waals surface area contributed by atoms with E-state index in [4.69, 9.17) is 14.2 Å². The van der Waals surface area contributed by atoms with E-state index in [1.165, 1.54) is 5.56 Å². The summed E-state index contributed by atoms with van der Waals surface area (Å²) in [5, 5.41) is 3.80. The summed E-state index contributed by atoms with van der Waals surface area (Å²) in [6.07, 6.45) is 6.78. The van der Waals surface area contributed by atoms with Crippen molar-refractivity contribution in [1.29, 1.82) is 0 Å². The van der Waals surface area contributed by atoms with Crippen LogP contribution in [0.5, 0.6) is 11.5 Å². The molecule has 0 aliphatic carbocycles. The van der Waals surface area contributed by atoms with Crippen LogP contribution >= 0.6 is 0 Å². The summed E-state index contributed by atoms with van der Waals surface area (Å²) in [6, 6.07) is 6.78. The standard InChI is InChI=1S/C20H29N3O3/c1-5-15(12-14-6-7-17(24-3)18(13-14)25-4)22-16-8-11-26-19(16)20-21-9-10-23(20)2/h6-7,9-10,13,15-16,19,22H,5,8,11-12H2,1-4H3/t15?,16-,19-/m0/s1. The number of rotatable bonds is 8. The van der Waals surface area contributed by atoms with Gasteiger partial charge >= 0.3 is 0 Å². The summed E-state index contributed by atoms with van der Waals surface area (Å²) in [7, 11) is 5.35. The highest BCUT2D eigenvalue weighted by Crippen LogP contribution is 2.30. The van der Waals surface area contributed by atoms with Gasteiger partial charge in [-0.1, -0.05) is 13.0 Å². The fraction of sp³-hybridized carbons (Fsp3) is 0.550. The number of aromatic nitrogens is 2. The molecule has 1 aliphatic rings. The number of ether oxygens (including phenoxy) is 3. The van der Waals surface area contributed by atoms with E-state index in [0.717, 1.165) is 43.2 Å². The van der Waals surface area contributed by atoms with E-state index in [0.29, 0.717) is 6.04 Å². The lowest BCUT2D eigenvalue weighted by Gasteiger charge is -2.25. The molecule has 1 N–H and O–H groups in total. The molecule has 3 rings (SSSR count). The van der Waals surface area contributed by atoms with Crippen LogP contribution in [-0.4, -0.2) is 42.5 Å². The first-order valence-corrected chi connectivity index (χ1v) is 9.22. The number of aryl methyl sites for hydroxylation is 1. The van der Waals surface area contributed by atoms with Gasteiger partial charge in [-0.05, 0) is 37.0 Å². The van der Waals surface area contributed by atoms with Crippen molar-refractivity contribution in [2.45, 2.75) is 44.4 Å². The van der Waals surface area contributed by atoms with Crippen LogP contribution in [0.1, 0.15) is 37.3 Å². The van der Waals surface area contributed by atoms with E-state index in [1.54, 1.807) is 14.2 Å². The molecule has 1 fully saturated rings. The molecule has 1 aromatic heterocycles. The molecule has 2 heterocycles. The molecule has 6 heteroatoms. The first-order valence-electron chi connectivity index (χ1n) is 9.22. The van der Waals surface area contributed by atoms with Crippen molar-refractivity contribution in [1.82, 2.24) is 14.9 Å². The van der Waals surface area contributed by atoms with Crippen molar-refractivity contribution >= 4 is 0 Å². The molecule has 1 unspecified atom stereocenters. The van der Waals surface area contributed by atoms with Gasteiger partial charge in [0, 0.05) is 38.1 Å². The van der Waals surface area contributed by atoms with Crippen LogP contribution in [-0.2, 0) is 18.2 Å². The minimum absolute atomic E-state index is 0.00875. The Morgan fingerprint density at radius 3 is 2.77 bits per heavy atom. The van der Waals surface area contributed by atoms with Crippen LogP contribution in [0, 0.1) is 0 Å². The predicted octanol–water partition coefficient (Wildman–Crippen LogP) is 2.88. The normalized spacial score (nSPS) is 20.9. The van der Waals surface area contributed by atoms with Gasteiger partial charge in [0.15, 0.2) is 11.5 Å². The Hall–Kier alpha value is -2.05. The van der Waals surface area contributed by atoms with Crippen LogP contribution in [0.4, 0.5) is 0 Å². The molecule has 1 aliphatic heterocycles. The third kappa shape index (κ3) is 4.02. The minimum atomic E-state index is 0.00875. The Labute approximate surface area is 155 Å². The summed E-state index contributed by atoms with van der Waals surface area (Å²) in [5.41, 5.74) is 1.23. The fourth-order valence-corrected chi connectivity index (χ4v) is 3.58. The van der Waals surface area contributed by atoms with Gasteiger partial charge in [0.1, 0.15) is 11.9 Å². The van der Waals surface area contributed by atoms with Crippen LogP contribution in [0.3, 0.4) is 0 Å². The molecule has 1 saturated heterocycles. The zero-order valence-corrected chi connectivity index (χ0v) is 16.1. The van der Waals surface area contributed by atoms with E-state index in [2.05, 4.69) is 29.4 Å². The Balaban J connectivity index is 1.68. The lowest BCUT2D eigenvalue weighted by molar-refractivity contribution is 0.0870. The van der Waals surface area contributed by atoms with Crippen molar-refractivity contribution in [3.8, 4) is 11.5 Å². The van der Waals surface area contributed by atoms with Crippen LogP contribution in [0.25, 0.3) is 0 Å². The van der Waals surface area contributed by atoms with Crippen molar-refractivity contribution in [2.24, 2.45) is 7.05 Å². The number of imidazole rings is 1. The molecule has 0 amide bonds. The third-order valence-corrected chi connectivity index (χ3v) is 5.08. The molecule has 3 atom stereocenters. The number of hydrogen-bond donors (Lipinski definition) is 1. The van der Waals surface area contributed by atoms with Crippen LogP contribution < -0.4 is 14.8 Å². The van der Waals surface area contributed by atoms with E-state index in [9.17, 15) is 0 Å². The highest BCUT2D eigenvalue weighted by molar-refractivity contribution is 5.43. The molecule has 1 aromatic carbocycles. The maximum Gasteiger partial charge on any atom is 0.160 e. The Morgan fingerprint density at radius 2 is 2.12 bits per heavy atom. The molecule has 2 aromatic rings. The molecule has 6 nitrogen and oxygen atoms in total. The van der Waals surface area contributed by atoms with E-state index in [-0.39, 0.29) is 12.1 Å². The molecule has 142 valence electrons. The predicted molar refractivity (Wildman–Crippen MR) is 101 cm³/mol. The second-order valence-corrected chi connectivity index (χ2v) is 6.75. The Kier molecular flexibility index (Phi) is 6.16. The second kappa shape index (κ2) is 8.56. The molecular weight excluding hydrogens is 330 g/mol. The maximum atomic E-state index is 5.97. The summed E-state index contributed by atoms with van der Waals surface area (Å²) in [5.74, 6) is 2.52. The summed E-state index contributed by atoms with van der Waals surface area (Å²) < 4.78 is 18.8. The van der Waals surface area contributed by atoms with Gasteiger partial charge < -0.3 is 24.1 Å². The van der Waals surface area contributed by atoms with Gasteiger partial charge in [-0.15, -0.1) is 0 Å². The van der Waals surface area contributed by atoms with E-state index < -0.39 is 0 Å². The zero-order chi connectivity index (χ0) is 18.5. The summed E-state index contributed by atoms with van der Waals surface area (Å²) >= 11 is 0. The molecule has 0 bridgehead atoms. The zero-order valence-electron chi connectivity index (χ0n) is 16.1. The minimum Gasteiger partial charge on any atom is -0.493 e. The van der Waals surface area contributed by atoms with Crippen molar-refractivity contribution in [3.63, 3.8) is 0 Å². The molecular formula is C20H29N3O3. The number of hydrogen-bond acceptors (Lipinski definition) is 5. The lowest BCUT2D eigenvalue weighted by atomic mass is 10.0. The second-order valence-electron chi connectivity index (χ2n) is 6.75. The van der Waals surface area contributed by atoms with Gasteiger partial charge in [0.05, 0.1) is 14.2 Å². The van der Waals surface area contributed by atoms with Gasteiger partial charge in [-0.2, -0.15) is 0 Å². The smallest absolute Gasteiger partial charge is 0.160 e. The van der Waals surface area contributed by atoms with Gasteiger partial charge in [0.2, 0.25) is 0 Å². The van der Waals surface area contributed by atoms with Gasteiger partial charge in [-0.25, -0.2) is 4.98 Å². The topological polar surface area (TPSA) is 57.5 Å². The average molecular weight is 359 g/mol. The lowest BCUT2D eigenvalue weighted by Crippen LogP contribution is -2.41. The third-order valence-electron chi connectivity index (χ3n) is 5.08. The maximum absolute atomic E-state index is 5.97. The first-order chi connectivity index (χ1) is 12.7. The largest absolute Gasteiger partial charge is 0.493 e. The average Bonchev–Trinajstić information content (AvgIpc) is 3.29. The summed E-state index contributed by atoms with van der Waals surface area (Å²) in [4.78, 5) is 4.47. The number of benzene rings is 1. The van der Waals surface area contributed by atoms with Crippen LogP contribution in [0.2, 0.25) is 0 Å². The number of nitrogens with one attached hydrogen (secondary N) is 1. The van der Waals surface area contributed by atoms with Gasteiger partial charge in [0.25, 0.3) is 0 Å². The van der Waals surface area contributed by atoms with Crippen molar-refractivity contribution in [2.75, 3.05) is 20.8 Å². The summed E-state index contributed by atoms with van der Waals surface area (Å²) in [6.45, 7) is 2.98. The van der Waals surface area contributed by atoms with E-state index in [1.807, 2.05) is 30.1 Å². The monoisotopic (exact) mass is 359 g/mol. The highest BCUT2D eigenvalue weighted by atomic mass is 16.5. The Bertz CT molecular complexity index is 716. The molecule has 0 spiro atoms.